The second-order valence-electron chi connectivity index (χ2n) is 4.38. The smallest absolute Gasteiger partial charge is 0.270 e. The number of halogens is 3. The molecule has 2 rings (SSSR count). The largest absolute Gasteiger partial charge is 0.309 e. The van der Waals surface area contributed by atoms with E-state index in [4.69, 9.17) is 0 Å². The van der Waals surface area contributed by atoms with E-state index in [-0.39, 0.29) is 5.69 Å². The van der Waals surface area contributed by atoms with Gasteiger partial charge in [0.05, 0.1) is 4.92 Å². The second kappa shape index (κ2) is 6.73. The van der Waals surface area contributed by atoms with Gasteiger partial charge in [-0.2, -0.15) is 0 Å². The zero-order valence-electron chi connectivity index (χ0n) is 10.8. The number of nitro benzene ring substituents is 1. The lowest BCUT2D eigenvalue weighted by molar-refractivity contribution is -0.384. The number of rotatable bonds is 5. The Morgan fingerprint density at radius 2 is 1.86 bits per heavy atom. The first kappa shape index (κ1) is 15.5. The summed E-state index contributed by atoms with van der Waals surface area (Å²) < 4.78 is 26.4. The van der Waals surface area contributed by atoms with Crippen molar-refractivity contribution in [3.05, 3.63) is 73.7 Å². The predicted octanol–water partition coefficient (Wildman–Crippen LogP) is 3.93. The van der Waals surface area contributed by atoms with Crippen LogP contribution in [0, 0.1) is 21.7 Å². The first-order chi connectivity index (χ1) is 9.97. The number of non-ortho nitro benzene ring substituents is 1. The monoisotopic (exact) mass is 356 g/mol. The van der Waals surface area contributed by atoms with Crippen LogP contribution in [-0.2, 0) is 13.1 Å². The van der Waals surface area contributed by atoms with E-state index in [1.165, 1.54) is 18.2 Å². The van der Waals surface area contributed by atoms with Crippen molar-refractivity contribution in [2.75, 3.05) is 0 Å². The molecular formula is C14H11BrF2N2O2. The molecule has 0 aliphatic heterocycles. The van der Waals surface area contributed by atoms with Crippen LogP contribution in [0.5, 0.6) is 0 Å². The van der Waals surface area contributed by atoms with Gasteiger partial charge in [0.25, 0.3) is 5.69 Å². The molecule has 0 atom stereocenters. The van der Waals surface area contributed by atoms with Crippen LogP contribution in [0.1, 0.15) is 11.1 Å². The Hall–Kier alpha value is -1.86. The number of benzene rings is 2. The van der Waals surface area contributed by atoms with Crippen molar-refractivity contribution < 1.29 is 13.7 Å². The van der Waals surface area contributed by atoms with Gasteiger partial charge in [0.1, 0.15) is 0 Å². The van der Waals surface area contributed by atoms with E-state index in [1.807, 2.05) is 0 Å². The average molecular weight is 357 g/mol. The Balaban J connectivity index is 1.97. The van der Waals surface area contributed by atoms with Crippen LogP contribution in [0.15, 0.2) is 40.9 Å². The van der Waals surface area contributed by atoms with Crippen LogP contribution in [0.25, 0.3) is 0 Å². The fraction of sp³-hybridized carbons (Fsp3) is 0.143. The SMILES string of the molecule is O=[N+]([O-])c1ccc(CNCc2ccc(F)c(F)c2)c(Br)c1. The van der Waals surface area contributed by atoms with Crippen molar-refractivity contribution in [1.82, 2.24) is 5.32 Å². The molecule has 0 saturated heterocycles. The van der Waals surface area contributed by atoms with Gasteiger partial charge in [0, 0.05) is 29.7 Å². The highest BCUT2D eigenvalue weighted by atomic mass is 79.9. The first-order valence-electron chi connectivity index (χ1n) is 6.05. The Bertz CT molecular complexity index is 680. The molecule has 0 heterocycles. The molecular weight excluding hydrogens is 346 g/mol. The average Bonchev–Trinajstić information content (AvgIpc) is 2.44. The van der Waals surface area contributed by atoms with Crippen LogP contribution in [0.4, 0.5) is 14.5 Å². The minimum absolute atomic E-state index is 0.00577. The molecule has 110 valence electrons. The molecule has 0 aliphatic rings. The Morgan fingerprint density at radius 3 is 2.48 bits per heavy atom. The van der Waals surface area contributed by atoms with E-state index in [0.29, 0.717) is 23.1 Å². The van der Waals surface area contributed by atoms with Crippen molar-refractivity contribution in [3.63, 3.8) is 0 Å². The van der Waals surface area contributed by atoms with Gasteiger partial charge < -0.3 is 5.32 Å². The number of nitro groups is 1. The van der Waals surface area contributed by atoms with Crippen molar-refractivity contribution in [1.29, 1.82) is 0 Å². The van der Waals surface area contributed by atoms with Crippen LogP contribution in [0.2, 0.25) is 0 Å². The number of nitrogens with one attached hydrogen (secondary N) is 1. The number of nitrogens with zero attached hydrogens (tertiary/aromatic N) is 1. The maximum Gasteiger partial charge on any atom is 0.270 e. The molecule has 0 spiro atoms. The molecule has 2 aromatic carbocycles. The van der Waals surface area contributed by atoms with E-state index in [0.717, 1.165) is 17.7 Å². The molecule has 1 N–H and O–H groups in total. The van der Waals surface area contributed by atoms with Gasteiger partial charge in [0.15, 0.2) is 11.6 Å². The highest BCUT2D eigenvalue weighted by molar-refractivity contribution is 9.10. The maximum atomic E-state index is 13.0. The minimum atomic E-state index is -0.884. The van der Waals surface area contributed by atoms with Gasteiger partial charge in [-0.05, 0) is 29.3 Å². The van der Waals surface area contributed by atoms with Gasteiger partial charge in [-0.1, -0.05) is 22.0 Å². The second-order valence-corrected chi connectivity index (χ2v) is 5.24. The molecule has 0 fully saturated rings. The maximum absolute atomic E-state index is 13.0. The summed E-state index contributed by atoms with van der Waals surface area (Å²) in [5.74, 6) is -1.76. The Labute approximate surface area is 128 Å². The highest BCUT2D eigenvalue weighted by Crippen LogP contribution is 2.23. The third-order valence-corrected chi connectivity index (χ3v) is 3.61. The van der Waals surface area contributed by atoms with Crippen molar-refractivity contribution in [2.45, 2.75) is 13.1 Å². The molecule has 0 saturated carbocycles. The van der Waals surface area contributed by atoms with Crippen LogP contribution in [-0.4, -0.2) is 4.92 Å². The standard InChI is InChI=1S/C14H11BrF2N2O2/c15-12-6-11(19(20)21)3-2-10(12)8-18-7-9-1-4-13(16)14(17)5-9/h1-6,18H,7-8H2. The molecule has 0 radical (unpaired) electrons. The summed E-state index contributed by atoms with van der Waals surface area (Å²) in [6.07, 6.45) is 0. The number of hydrogen-bond donors (Lipinski definition) is 1. The predicted molar refractivity (Wildman–Crippen MR) is 77.7 cm³/mol. The van der Waals surface area contributed by atoms with Crippen molar-refractivity contribution in [2.24, 2.45) is 0 Å². The first-order valence-corrected chi connectivity index (χ1v) is 6.84. The van der Waals surface area contributed by atoms with Crippen LogP contribution < -0.4 is 5.32 Å². The molecule has 0 aromatic heterocycles. The van der Waals surface area contributed by atoms with E-state index < -0.39 is 16.6 Å². The summed E-state index contributed by atoms with van der Waals surface area (Å²) >= 11 is 3.27. The molecule has 2 aromatic rings. The molecule has 0 aliphatic carbocycles. The zero-order chi connectivity index (χ0) is 15.4. The summed E-state index contributed by atoms with van der Waals surface area (Å²) in [4.78, 5) is 10.2. The summed E-state index contributed by atoms with van der Waals surface area (Å²) in [5, 5.41) is 13.7. The summed E-state index contributed by atoms with van der Waals surface area (Å²) in [5.41, 5.74) is 1.46. The van der Waals surface area contributed by atoms with Gasteiger partial charge in [-0.3, -0.25) is 10.1 Å². The van der Waals surface area contributed by atoms with Crippen molar-refractivity contribution >= 4 is 21.6 Å². The van der Waals surface area contributed by atoms with Gasteiger partial charge >= 0.3 is 0 Å². The zero-order valence-corrected chi connectivity index (χ0v) is 12.4. The van der Waals surface area contributed by atoms with E-state index in [9.17, 15) is 18.9 Å². The molecule has 4 nitrogen and oxygen atoms in total. The van der Waals surface area contributed by atoms with Gasteiger partial charge in [0.2, 0.25) is 0 Å². The van der Waals surface area contributed by atoms with Gasteiger partial charge in [-0.25, -0.2) is 8.78 Å². The molecule has 0 bridgehead atoms. The quantitative estimate of drug-likeness (QED) is 0.652. The fourth-order valence-electron chi connectivity index (χ4n) is 1.78. The fourth-order valence-corrected chi connectivity index (χ4v) is 2.29. The van der Waals surface area contributed by atoms with E-state index in [1.54, 1.807) is 6.07 Å². The Morgan fingerprint density at radius 1 is 1.10 bits per heavy atom. The van der Waals surface area contributed by atoms with Crippen LogP contribution >= 0.6 is 15.9 Å². The van der Waals surface area contributed by atoms with Crippen LogP contribution in [0.3, 0.4) is 0 Å². The Kier molecular flexibility index (Phi) is 4.98. The van der Waals surface area contributed by atoms with Crippen molar-refractivity contribution in [3.8, 4) is 0 Å². The third-order valence-electron chi connectivity index (χ3n) is 2.88. The number of hydrogen-bond acceptors (Lipinski definition) is 3. The topological polar surface area (TPSA) is 55.2 Å². The van der Waals surface area contributed by atoms with E-state index in [2.05, 4.69) is 21.2 Å². The summed E-state index contributed by atoms with van der Waals surface area (Å²) in [6, 6.07) is 8.19. The summed E-state index contributed by atoms with van der Waals surface area (Å²) in [7, 11) is 0. The summed E-state index contributed by atoms with van der Waals surface area (Å²) in [6.45, 7) is 0.804. The van der Waals surface area contributed by atoms with Gasteiger partial charge in [-0.15, -0.1) is 0 Å². The third kappa shape index (κ3) is 4.05. The normalized spacial score (nSPS) is 10.6. The molecule has 7 heteroatoms. The lowest BCUT2D eigenvalue weighted by atomic mass is 10.2. The molecule has 0 amide bonds. The highest BCUT2D eigenvalue weighted by Gasteiger charge is 2.09. The van der Waals surface area contributed by atoms with E-state index >= 15 is 0 Å². The molecule has 0 unspecified atom stereocenters. The lowest BCUT2D eigenvalue weighted by Gasteiger charge is -2.07. The molecule has 21 heavy (non-hydrogen) atoms. The minimum Gasteiger partial charge on any atom is -0.309 e. The lowest BCUT2D eigenvalue weighted by Crippen LogP contribution is -2.13.